The highest BCUT2D eigenvalue weighted by Crippen LogP contribution is 2.45. The van der Waals surface area contributed by atoms with Crippen LogP contribution in [0.1, 0.15) is 496 Å². The molecule has 0 aliphatic heterocycles. The highest BCUT2D eigenvalue weighted by Gasteiger charge is 2.30. The van der Waals surface area contributed by atoms with Crippen LogP contribution in [-0.2, 0) is 65.4 Å². The lowest BCUT2D eigenvalue weighted by molar-refractivity contribution is -0.161. The Balaban J connectivity index is 5.23. The van der Waals surface area contributed by atoms with E-state index in [0.29, 0.717) is 25.7 Å². The zero-order chi connectivity index (χ0) is 79.6. The monoisotopic (exact) mass is 1590 g/mol. The van der Waals surface area contributed by atoms with E-state index in [2.05, 4.69) is 27.7 Å². The number of unbranched alkanes of at least 4 members (excludes halogenated alkanes) is 65. The van der Waals surface area contributed by atoms with Crippen LogP contribution >= 0.6 is 15.6 Å². The number of carbonyl (C=O) groups is 4. The van der Waals surface area contributed by atoms with Gasteiger partial charge in [0.15, 0.2) is 12.2 Å². The molecule has 0 radical (unpaired) electrons. The summed E-state index contributed by atoms with van der Waals surface area (Å²) < 4.78 is 69.0. The maximum absolute atomic E-state index is 13.2. The second kappa shape index (κ2) is 84.0. The maximum Gasteiger partial charge on any atom is 0.472 e. The Hall–Kier alpha value is -1.94. The van der Waals surface area contributed by atoms with E-state index < -0.39 is 97.5 Å². The SMILES string of the molecule is CCCCCCCCCCCCCCCCCCCCCCCCC(=O)O[C@H](COC(=O)CCCCCCCCCCCCCCCCCCCCCC)COP(=O)(O)OC[C@@H](O)COP(=O)(O)OC[C@@H](COC(=O)CCCCCCCCCCCCCC)OC(=O)CCCCCCCCCCCCCCCCC. The molecule has 19 heteroatoms. The summed E-state index contributed by atoms with van der Waals surface area (Å²) in [6.07, 6.45) is 80.6. The van der Waals surface area contributed by atoms with E-state index in [1.54, 1.807) is 0 Å². The van der Waals surface area contributed by atoms with E-state index in [1.807, 2.05) is 0 Å². The summed E-state index contributed by atoms with van der Waals surface area (Å²) in [6, 6.07) is 0. The second-order valence-electron chi connectivity index (χ2n) is 32.3. The second-order valence-corrected chi connectivity index (χ2v) is 35.3. The molecule has 17 nitrogen and oxygen atoms in total. The molecule has 5 atom stereocenters. The molecule has 0 aromatic carbocycles. The quantitative estimate of drug-likeness (QED) is 0.0222. The van der Waals surface area contributed by atoms with Gasteiger partial charge in [0.1, 0.15) is 19.3 Å². The number of esters is 4. The Bertz CT molecular complexity index is 2050. The predicted molar refractivity (Wildman–Crippen MR) is 451 cm³/mol. The van der Waals surface area contributed by atoms with Crippen molar-refractivity contribution in [3.63, 3.8) is 0 Å². The Labute approximate surface area is 670 Å². The molecular formula is C90H176O17P2. The van der Waals surface area contributed by atoms with Crippen LogP contribution in [0.3, 0.4) is 0 Å². The van der Waals surface area contributed by atoms with E-state index in [1.165, 1.54) is 327 Å². The molecule has 0 rings (SSSR count). The number of rotatable bonds is 91. The molecule has 0 spiro atoms. The summed E-state index contributed by atoms with van der Waals surface area (Å²) >= 11 is 0. The van der Waals surface area contributed by atoms with Gasteiger partial charge in [-0.2, -0.15) is 0 Å². The highest BCUT2D eigenvalue weighted by molar-refractivity contribution is 7.47. The molecule has 0 amide bonds. The average Bonchev–Trinajstić information content (AvgIpc) is 0.901. The van der Waals surface area contributed by atoms with Crippen molar-refractivity contribution in [3.8, 4) is 0 Å². The summed E-state index contributed by atoms with van der Waals surface area (Å²) in [6.45, 7) is 5.08. The number of hydrogen-bond donors (Lipinski definition) is 3. The fourth-order valence-corrected chi connectivity index (χ4v) is 15.8. The van der Waals surface area contributed by atoms with E-state index in [0.717, 1.165) is 89.9 Å². The van der Waals surface area contributed by atoms with Crippen molar-refractivity contribution < 1.29 is 80.2 Å². The Morgan fingerprint density at radius 3 is 0.541 bits per heavy atom. The smallest absolute Gasteiger partial charge is 0.462 e. The number of aliphatic hydroxyl groups excluding tert-OH is 1. The first-order valence-electron chi connectivity index (χ1n) is 46.8. The number of carbonyl (C=O) groups excluding carboxylic acids is 4. The molecule has 0 aliphatic rings. The lowest BCUT2D eigenvalue weighted by Crippen LogP contribution is -2.30. The Kier molecular flexibility index (Phi) is 82.5. The molecule has 0 fully saturated rings. The van der Waals surface area contributed by atoms with Gasteiger partial charge in [-0.3, -0.25) is 37.3 Å². The van der Waals surface area contributed by atoms with Gasteiger partial charge in [0.05, 0.1) is 26.4 Å². The first-order chi connectivity index (χ1) is 53.2. The van der Waals surface area contributed by atoms with Crippen molar-refractivity contribution in [1.29, 1.82) is 0 Å². The van der Waals surface area contributed by atoms with Crippen LogP contribution in [0.15, 0.2) is 0 Å². The first kappa shape index (κ1) is 107. The van der Waals surface area contributed by atoms with Crippen LogP contribution in [0, 0.1) is 0 Å². The predicted octanol–water partition coefficient (Wildman–Crippen LogP) is 28.1. The van der Waals surface area contributed by atoms with Crippen molar-refractivity contribution in [1.82, 2.24) is 0 Å². The normalized spacial score (nSPS) is 13.6. The van der Waals surface area contributed by atoms with Gasteiger partial charge in [0, 0.05) is 25.7 Å². The van der Waals surface area contributed by atoms with Gasteiger partial charge in [-0.25, -0.2) is 9.13 Å². The van der Waals surface area contributed by atoms with Gasteiger partial charge in [0.2, 0.25) is 0 Å². The number of ether oxygens (including phenoxy) is 4. The van der Waals surface area contributed by atoms with Crippen LogP contribution in [0.2, 0.25) is 0 Å². The zero-order valence-corrected chi connectivity index (χ0v) is 73.3. The Morgan fingerprint density at radius 1 is 0.220 bits per heavy atom. The third-order valence-corrected chi connectivity index (χ3v) is 23.3. The minimum atomic E-state index is -4.97. The van der Waals surface area contributed by atoms with Crippen LogP contribution in [0.4, 0.5) is 0 Å². The van der Waals surface area contributed by atoms with Crippen LogP contribution < -0.4 is 0 Å². The molecule has 2 unspecified atom stereocenters. The molecule has 0 heterocycles. The van der Waals surface area contributed by atoms with E-state index in [4.69, 9.17) is 37.0 Å². The lowest BCUT2D eigenvalue weighted by Gasteiger charge is -2.21. The summed E-state index contributed by atoms with van der Waals surface area (Å²) in [5.74, 6) is -2.09. The lowest BCUT2D eigenvalue weighted by atomic mass is 10.0. The summed E-state index contributed by atoms with van der Waals surface area (Å²) in [5.41, 5.74) is 0. The zero-order valence-electron chi connectivity index (χ0n) is 71.5. The van der Waals surface area contributed by atoms with Gasteiger partial charge >= 0.3 is 39.5 Å². The standard InChI is InChI=1S/C90H176O17P2/c1-5-9-13-17-21-25-29-33-36-38-40-42-43-45-47-50-53-57-61-65-69-73-77-90(95)107-86(81-101-88(93)75-71-67-63-59-55-51-49-46-44-41-39-37-34-30-26-22-18-14-10-6-2)83-105-109(98,99)103-79-84(91)78-102-108(96,97)104-82-85(80-100-87(92)74-70-66-62-58-54-32-28-24-20-16-12-8-4)106-89(94)76-72-68-64-60-56-52-48-35-31-27-23-19-15-11-7-3/h84-86,91H,5-83H2,1-4H3,(H,96,97)(H,98,99)/t84-,85+,86+/m0/s1. The van der Waals surface area contributed by atoms with E-state index in [-0.39, 0.29) is 25.7 Å². The number of phosphoric ester groups is 2. The summed E-state index contributed by atoms with van der Waals surface area (Å²) in [7, 11) is -9.93. The molecule has 0 saturated heterocycles. The van der Waals surface area contributed by atoms with Crippen molar-refractivity contribution >= 4 is 39.5 Å². The molecule has 0 bridgehead atoms. The molecule has 648 valence electrons. The van der Waals surface area contributed by atoms with Crippen molar-refractivity contribution in [2.45, 2.75) is 515 Å². The van der Waals surface area contributed by atoms with E-state index >= 15 is 0 Å². The average molecular weight is 1590 g/mol. The molecule has 0 aromatic rings. The maximum atomic E-state index is 13.2. The van der Waals surface area contributed by atoms with Gasteiger partial charge < -0.3 is 33.8 Å². The first-order valence-corrected chi connectivity index (χ1v) is 49.8. The number of aliphatic hydroxyl groups is 1. The highest BCUT2D eigenvalue weighted by atomic mass is 31.2. The molecule has 3 N–H and O–H groups in total. The Morgan fingerprint density at radius 2 is 0.367 bits per heavy atom. The molecular weight excluding hydrogens is 1410 g/mol. The van der Waals surface area contributed by atoms with Crippen LogP contribution in [0.5, 0.6) is 0 Å². The van der Waals surface area contributed by atoms with Crippen molar-refractivity contribution in [2.24, 2.45) is 0 Å². The minimum absolute atomic E-state index is 0.109. The third-order valence-electron chi connectivity index (χ3n) is 21.4. The fraction of sp³-hybridized carbons (Fsp3) is 0.956. The topological polar surface area (TPSA) is 237 Å². The van der Waals surface area contributed by atoms with Gasteiger partial charge in [-0.05, 0) is 25.7 Å². The van der Waals surface area contributed by atoms with Crippen LogP contribution in [-0.4, -0.2) is 96.7 Å². The molecule has 0 aromatic heterocycles. The minimum Gasteiger partial charge on any atom is -0.462 e. The van der Waals surface area contributed by atoms with Gasteiger partial charge in [-0.1, -0.05) is 445 Å². The largest absolute Gasteiger partial charge is 0.472 e. The van der Waals surface area contributed by atoms with E-state index in [9.17, 15) is 43.2 Å². The van der Waals surface area contributed by atoms with Gasteiger partial charge in [0.25, 0.3) is 0 Å². The summed E-state index contributed by atoms with van der Waals surface area (Å²) in [5, 5.41) is 10.7. The summed E-state index contributed by atoms with van der Waals surface area (Å²) in [4.78, 5) is 73.4. The van der Waals surface area contributed by atoms with Crippen molar-refractivity contribution in [2.75, 3.05) is 39.6 Å². The number of phosphoric acid groups is 2. The molecule has 0 saturated carbocycles. The fourth-order valence-electron chi connectivity index (χ4n) is 14.2. The third kappa shape index (κ3) is 83.8. The van der Waals surface area contributed by atoms with Crippen molar-refractivity contribution in [3.05, 3.63) is 0 Å². The number of hydrogen-bond acceptors (Lipinski definition) is 15. The molecule has 0 aliphatic carbocycles. The van der Waals surface area contributed by atoms with Gasteiger partial charge in [-0.15, -0.1) is 0 Å². The van der Waals surface area contributed by atoms with Crippen LogP contribution in [0.25, 0.3) is 0 Å². The molecule has 109 heavy (non-hydrogen) atoms.